The van der Waals surface area contributed by atoms with Gasteiger partial charge in [0.05, 0.1) is 5.56 Å². The highest BCUT2D eigenvalue weighted by Crippen LogP contribution is 2.30. The molecule has 0 amide bonds. The van der Waals surface area contributed by atoms with Crippen molar-refractivity contribution in [3.8, 4) is 17.3 Å². The lowest BCUT2D eigenvalue weighted by Crippen LogP contribution is -1.81. The second-order valence-corrected chi connectivity index (χ2v) is 4.50. The van der Waals surface area contributed by atoms with Gasteiger partial charge in [-0.15, -0.1) is 0 Å². The molecule has 0 unspecified atom stereocenters. The Bertz CT molecular complexity index is 769. The number of hydrogen-bond donors (Lipinski definition) is 1. The summed E-state index contributed by atoms with van der Waals surface area (Å²) >= 11 is 0. The van der Waals surface area contributed by atoms with Gasteiger partial charge in [-0.1, -0.05) is 18.2 Å². The van der Waals surface area contributed by atoms with Gasteiger partial charge in [0.25, 0.3) is 0 Å². The van der Waals surface area contributed by atoms with E-state index in [0.29, 0.717) is 5.56 Å². The van der Waals surface area contributed by atoms with Crippen molar-refractivity contribution in [2.45, 2.75) is 6.92 Å². The van der Waals surface area contributed by atoms with E-state index in [1.165, 1.54) is 10.9 Å². The highest BCUT2D eigenvalue weighted by molar-refractivity contribution is 5.95. The van der Waals surface area contributed by atoms with Gasteiger partial charge < -0.3 is 9.55 Å². The van der Waals surface area contributed by atoms with Crippen LogP contribution in [-0.4, -0.2) is 9.55 Å². The molecule has 1 aromatic carbocycles. The van der Waals surface area contributed by atoms with Crippen LogP contribution in [0.5, 0.6) is 0 Å². The number of fused-ring (bicyclic) bond motifs is 1. The summed E-state index contributed by atoms with van der Waals surface area (Å²) in [4.78, 5) is 3.28. The van der Waals surface area contributed by atoms with E-state index in [4.69, 9.17) is 5.26 Å². The fourth-order valence-electron chi connectivity index (χ4n) is 2.38. The molecule has 3 aromatic rings. The van der Waals surface area contributed by atoms with Crippen LogP contribution in [0.15, 0.2) is 36.5 Å². The molecule has 2 heterocycles. The summed E-state index contributed by atoms with van der Waals surface area (Å²) in [5.41, 5.74) is 4.95. The number of hydrogen-bond acceptors (Lipinski definition) is 1. The van der Waals surface area contributed by atoms with Crippen molar-refractivity contribution in [2.75, 3.05) is 0 Å². The lowest BCUT2D eigenvalue weighted by Gasteiger charge is -1.95. The summed E-state index contributed by atoms with van der Waals surface area (Å²) in [5, 5.41) is 10.2. The van der Waals surface area contributed by atoms with Crippen LogP contribution in [0.2, 0.25) is 0 Å². The molecule has 1 N–H and O–H groups in total. The van der Waals surface area contributed by atoms with Crippen LogP contribution < -0.4 is 0 Å². The van der Waals surface area contributed by atoms with Gasteiger partial charge in [-0.3, -0.25) is 0 Å². The van der Waals surface area contributed by atoms with Gasteiger partial charge in [0, 0.05) is 41.1 Å². The van der Waals surface area contributed by atoms with E-state index in [-0.39, 0.29) is 0 Å². The second-order valence-electron chi connectivity index (χ2n) is 4.50. The van der Waals surface area contributed by atoms with Crippen LogP contribution in [0.3, 0.4) is 0 Å². The van der Waals surface area contributed by atoms with Crippen LogP contribution in [0, 0.1) is 18.3 Å². The third-order valence-electron chi connectivity index (χ3n) is 3.32. The fourth-order valence-corrected chi connectivity index (χ4v) is 2.38. The van der Waals surface area contributed by atoms with Gasteiger partial charge in [-0.05, 0) is 19.1 Å². The minimum Gasteiger partial charge on any atom is -0.357 e. The summed E-state index contributed by atoms with van der Waals surface area (Å²) in [7, 11) is 2.03. The summed E-state index contributed by atoms with van der Waals surface area (Å²) in [6.45, 7) is 1.92. The van der Waals surface area contributed by atoms with Crippen LogP contribution in [0.4, 0.5) is 0 Å². The maximum Gasteiger partial charge on any atom is 0.101 e. The maximum atomic E-state index is 9.02. The first kappa shape index (κ1) is 10.7. The molecule has 88 valence electrons. The number of nitrogens with zero attached hydrogens (tertiary/aromatic N) is 2. The van der Waals surface area contributed by atoms with Crippen molar-refractivity contribution in [1.82, 2.24) is 9.55 Å². The van der Waals surface area contributed by atoms with Crippen molar-refractivity contribution in [3.63, 3.8) is 0 Å². The van der Waals surface area contributed by atoms with Gasteiger partial charge in [-0.2, -0.15) is 5.26 Å². The number of rotatable bonds is 1. The standard InChI is InChI=1S/C15H13N3/c1-10-11(8-16)7-14(17-10)13-9-18(2)15-6-4-3-5-12(13)15/h3-7,9,17H,1-2H3. The molecular weight excluding hydrogens is 222 g/mol. The van der Waals surface area contributed by atoms with Gasteiger partial charge in [0.15, 0.2) is 0 Å². The number of H-pyrrole nitrogens is 1. The Morgan fingerprint density at radius 2 is 2.06 bits per heavy atom. The largest absolute Gasteiger partial charge is 0.357 e. The third kappa shape index (κ3) is 1.43. The summed E-state index contributed by atoms with van der Waals surface area (Å²) in [6.07, 6.45) is 2.09. The number of aromatic nitrogens is 2. The number of nitrogens with one attached hydrogen (secondary N) is 1. The average Bonchev–Trinajstić information content (AvgIpc) is 2.91. The van der Waals surface area contributed by atoms with Crippen molar-refractivity contribution < 1.29 is 0 Å². The van der Waals surface area contributed by atoms with E-state index in [9.17, 15) is 0 Å². The topological polar surface area (TPSA) is 44.5 Å². The minimum atomic E-state index is 0.706. The number of aromatic amines is 1. The molecule has 3 nitrogen and oxygen atoms in total. The average molecular weight is 235 g/mol. The molecule has 0 fully saturated rings. The molecular formula is C15H13N3. The quantitative estimate of drug-likeness (QED) is 0.690. The van der Waals surface area contributed by atoms with E-state index in [0.717, 1.165) is 17.0 Å². The van der Waals surface area contributed by atoms with E-state index < -0.39 is 0 Å². The van der Waals surface area contributed by atoms with Gasteiger partial charge in [0.2, 0.25) is 0 Å². The number of para-hydroxylation sites is 1. The number of aryl methyl sites for hydroxylation is 2. The molecule has 18 heavy (non-hydrogen) atoms. The molecule has 0 aliphatic heterocycles. The zero-order valence-corrected chi connectivity index (χ0v) is 10.4. The summed E-state index contributed by atoms with van der Waals surface area (Å²) in [5.74, 6) is 0. The monoisotopic (exact) mass is 235 g/mol. The highest BCUT2D eigenvalue weighted by Gasteiger charge is 2.11. The molecule has 2 aromatic heterocycles. The van der Waals surface area contributed by atoms with Crippen molar-refractivity contribution in [1.29, 1.82) is 5.26 Å². The normalized spacial score (nSPS) is 10.7. The molecule has 3 heteroatoms. The fraction of sp³-hybridized carbons (Fsp3) is 0.133. The second kappa shape index (κ2) is 3.78. The molecule has 0 radical (unpaired) electrons. The number of benzene rings is 1. The predicted molar refractivity (Wildman–Crippen MR) is 72.2 cm³/mol. The van der Waals surface area contributed by atoms with Crippen molar-refractivity contribution in [3.05, 3.63) is 47.8 Å². The lowest BCUT2D eigenvalue weighted by molar-refractivity contribution is 0.969. The first-order valence-corrected chi connectivity index (χ1v) is 5.85. The zero-order chi connectivity index (χ0) is 12.7. The van der Waals surface area contributed by atoms with E-state index >= 15 is 0 Å². The first-order chi connectivity index (χ1) is 8.70. The minimum absolute atomic E-state index is 0.706. The Morgan fingerprint density at radius 1 is 1.28 bits per heavy atom. The van der Waals surface area contributed by atoms with E-state index in [1.54, 1.807) is 0 Å². The molecule has 0 saturated heterocycles. The van der Waals surface area contributed by atoms with Gasteiger partial charge in [-0.25, -0.2) is 0 Å². The molecule has 0 saturated carbocycles. The van der Waals surface area contributed by atoms with Gasteiger partial charge in [0.1, 0.15) is 6.07 Å². The van der Waals surface area contributed by atoms with E-state index in [1.807, 2.05) is 32.2 Å². The molecule has 0 aliphatic rings. The molecule has 0 spiro atoms. The maximum absolute atomic E-state index is 9.02. The molecule has 0 atom stereocenters. The smallest absolute Gasteiger partial charge is 0.101 e. The highest BCUT2D eigenvalue weighted by atomic mass is 14.9. The van der Waals surface area contributed by atoms with Crippen LogP contribution >= 0.6 is 0 Å². The van der Waals surface area contributed by atoms with Gasteiger partial charge >= 0.3 is 0 Å². The summed E-state index contributed by atoms with van der Waals surface area (Å²) < 4.78 is 2.10. The first-order valence-electron chi connectivity index (χ1n) is 5.85. The van der Waals surface area contributed by atoms with Crippen LogP contribution in [0.25, 0.3) is 22.2 Å². The molecule has 0 bridgehead atoms. The van der Waals surface area contributed by atoms with Crippen molar-refractivity contribution in [2.24, 2.45) is 7.05 Å². The SMILES string of the molecule is Cc1[nH]c(-c2cn(C)c3ccccc23)cc1C#N. The summed E-state index contributed by atoms with van der Waals surface area (Å²) in [6, 6.07) is 12.4. The van der Waals surface area contributed by atoms with Crippen molar-refractivity contribution >= 4 is 10.9 Å². The Labute approximate surface area is 105 Å². The predicted octanol–water partition coefficient (Wildman–Crippen LogP) is 3.35. The number of nitriles is 1. The Hall–Kier alpha value is -2.47. The molecule has 3 rings (SSSR count). The Kier molecular flexibility index (Phi) is 2.24. The molecule has 0 aliphatic carbocycles. The lowest BCUT2D eigenvalue weighted by atomic mass is 10.1. The van der Waals surface area contributed by atoms with E-state index in [2.05, 4.69) is 33.9 Å². The third-order valence-corrected chi connectivity index (χ3v) is 3.32. The Morgan fingerprint density at radius 3 is 2.78 bits per heavy atom. The Balaban J connectivity index is 2.29. The van der Waals surface area contributed by atoms with Crippen LogP contribution in [-0.2, 0) is 7.05 Å². The zero-order valence-electron chi connectivity index (χ0n) is 10.4. The van der Waals surface area contributed by atoms with Crippen LogP contribution in [0.1, 0.15) is 11.3 Å².